The Morgan fingerprint density at radius 1 is 1.48 bits per heavy atom. The lowest BCUT2D eigenvalue weighted by molar-refractivity contribution is -0.138. The van der Waals surface area contributed by atoms with Gasteiger partial charge in [-0.05, 0) is 37.6 Å². The average molecular weight is 291 g/mol. The Bertz CT molecular complexity index is 492. The summed E-state index contributed by atoms with van der Waals surface area (Å²) in [6, 6.07) is 4.22. The van der Waals surface area contributed by atoms with Gasteiger partial charge in [0.1, 0.15) is 0 Å². The molecule has 2 rings (SSSR count). The highest BCUT2D eigenvalue weighted by Crippen LogP contribution is 2.35. The second-order valence-corrected chi connectivity index (χ2v) is 5.46. The van der Waals surface area contributed by atoms with Crippen molar-refractivity contribution in [2.75, 3.05) is 20.1 Å². The predicted molar refractivity (Wildman–Crippen MR) is 77.6 cm³/mol. The van der Waals surface area contributed by atoms with Crippen LogP contribution in [0, 0.1) is 5.92 Å². The molecular formula is C15H21N3O3. The highest BCUT2D eigenvalue weighted by atomic mass is 16.4. The summed E-state index contributed by atoms with van der Waals surface area (Å²) in [4.78, 5) is 28.5. The maximum absolute atomic E-state index is 11.6. The molecule has 0 saturated carbocycles. The fourth-order valence-electron chi connectivity index (χ4n) is 2.87. The molecule has 0 aliphatic carbocycles. The van der Waals surface area contributed by atoms with Crippen molar-refractivity contribution in [2.45, 2.75) is 25.3 Å². The molecule has 2 heterocycles. The molecule has 0 bridgehead atoms. The monoisotopic (exact) mass is 291 g/mol. The van der Waals surface area contributed by atoms with Gasteiger partial charge in [0.15, 0.2) is 0 Å². The van der Waals surface area contributed by atoms with E-state index < -0.39 is 5.97 Å². The minimum absolute atomic E-state index is 0.0372. The minimum Gasteiger partial charge on any atom is -0.481 e. The standard InChI is InChI=1S/C15H21N3O3/c1-18-8-6-12(10-17-13(19)4-5-14(20)21)15(18)11-3-2-7-16-9-11/h2-3,7,9,12,15H,4-6,8,10H2,1H3,(H,17,19)(H,20,21)/t12-,15?/m1/s1. The second kappa shape index (κ2) is 7.17. The first-order chi connectivity index (χ1) is 10.1. The Kier molecular flexibility index (Phi) is 5.27. The number of aliphatic carboxylic acids is 1. The molecule has 0 spiro atoms. The molecule has 1 aromatic heterocycles. The summed E-state index contributed by atoms with van der Waals surface area (Å²) < 4.78 is 0. The Hall–Kier alpha value is -1.95. The van der Waals surface area contributed by atoms with E-state index in [0.29, 0.717) is 12.5 Å². The van der Waals surface area contributed by atoms with Crippen molar-refractivity contribution >= 4 is 11.9 Å². The van der Waals surface area contributed by atoms with Gasteiger partial charge in [0.05, 0.1) is 6.42 Å². The molecule has 2 atom stereocenters. The molecule has 1 unspecified atom stereocenters. The molecule has 114 valence electrons. The molecule has 21 heavy (non-hydrogen) atoms. The van der Waals surface area contributed by atoms with Gasteiger partial charge in [0, 0.05) is 31.4 Å². The number of hydrogen-bond acceptors (Lipinski definition) is 4. The van der Waals surface area contributed by atoms with Crippen molar-refractivity contribution in [1.29, 1.82) is 0 Å². The van der Waals surface area contributed by atoms with Crippen LogP contribution in [0.5, 0.6) is 0 Å². The third-order valence-electron chi connectivity index (χ3n) is 3.93. The fraction of sp³-hybridized carbons (Fsp3) is 0.533. The van der Waals surface area contributed by atoms with Crippen LogP contribution in [0.3, 0.4) is 0 Å². The van der Waals surface area contributed by atoms with E-state index in [0.717, 1.165) is 18.5 Å². The molecule has 1 aliphatic heterocycles. The lowest BCUT2D eigenvalue weighted by atomic mass is 9.94. The number of carbonyl (C=O) groups excluding carboxylic acids is 1. The van der Waals surface area contributed by atoms with Crippen molar-refractivity contribution in [3.05, 3.63) is 30.1 Å². The van der Waals surface area contributed by atoms with Crippen molar-refractivity contribution < 1.29 is 14.7 Å². The largest absolute Gasteiger partial charge is 0.481 e. The van der Waals surface area contributed by atoms with Crippen molar-refractivity contribution in [3.8, 4) is 0 Å². The van der Waals surface area contributed by atoms with E-state index in [1.165, 1.54) is 0 Å². The highest BCUT2D eigenvalue weighted by molar-refractivity contribution is 5.80. The zero-order chi connectivity index (χ0) is 15.2. The summed E-state index contributed by atoms with van der Waals surface area (Å²) >= 11 is 0. The van der Waals surface area contributed by atoms with Gasteiger partial charge >= 0.3 is 5.97 Å². The lowest BCUT2D eigenvalue weighted by Crippen LogP contribution is -2.32. The number of rotatable bonds is 6. The predicted octanol–water partition coefficient (Wildman–Crippen LogP) is 1.06. The van der Waals surface area contributed by atoms with E-state index in [-0.39, 0.29) is 24.8 Å². The third-order valence-corrected chi connectivity index (χ3v) is 3.93. The SMILES string of the molecule is CN1CC[C@H](CNC(=O)CCC(=O)O)C1c1cccnc1. The molecule has 0 aromatic carbocycles. The quantitative estimate of drug-likeness (QED) is 0.819. The zero-order valence-corrected chi connectivity index (χ0v) is 12.2. The molecule has 1 aromatic rings. The van der Waals surface area contributed by atoms with E-state index in [2.05, 4.69) is 28.3 Å². The number of nitrogens with zero attached hydrogens (tertiary/aromatic N) is 2. The third kappa shape index (κ3) is 4.26. The number of carboxylic acid groups (broad SMARTS) is 1. The summed E-state index contributed by atoms with van der Waals surface area (Å²) in [5.74, 6) is -0.816. The first-order valence-electron chi connectivity index (χ1n) is 7.16. The Labute approximate surface area is 124 Å². The van der Waals surface area contributed by atoms with E-state index in [1.54, 1.807) is 6.20 Å². The van der Waals surface area contributed by atoms with Crippen LogP contribution in [0.4, 0.5) is 0 Å². The topological polar surface area (TPSA) is 82.5 Å². The number of pyridine rings is 1. The maximum atomic E-state index is 11.6. The minimum atomic E-state index is -0.945. The van der Waals surface area contributed by atoms with E-state index >= 15 is 0 Å². The number of amides is 1. The van der Waals surface area contributed by atoms with Crippen LogP contribution >= 0.6 is 0 Å². The molecule has 2 N–H and O–H groups in total. The second-order valence-electron chi connectivity index (χ2n) is 5.46. The van der Waals surface area contributed by atoms with Crippen LogP contribution in [0.25, 0.3) is 0 Å². The van der Waals surface area contributed by atoms with Crippen LogP contribution in [0.15, 0.2) is 24.5 Å². The number of nitrogens with one attached hydrogen (secondary N) is 1. The average Bonchev–Trinajstić information content (AvgIpc) is 2.84. The molecule has 1 saturated heterocycles. The van der Waals surface area contributed by atoms with Gasteiger partial charge in [0.25, 0.3) is 0 Å². The van der Waals surface area contributed by atoms with E-state index in [1.807, 2.05) is 12.3 Å². The summed E-state index contributed by atoms with van der Waals surface area (Å²) in [5.41, 5.74) is 1.15. The molecular weight excluding hydrogens is 270 g/mol. The van der Waals surface area contributed by atoms with Crippen molar-refractivity contribution in [2.24, 2.45) is 5.92 Å². The molecule has 6 heteroatoms. The summed E-state index contributed by atoms with van der Waals surface area (Å²) in [6.45, 7) is 1.55. The van der Waals surface area contributed by atoms with Crippen LogP contribution < -0.4 is 5.32 Å². The summed E-state index contributed by atoms with van der Waals surface area (Å²) in [7, 11) is 2.07. The molecule has 0 radical (unpaired) electrons. The maximum Gasteiger partial charge on any atom is 0.303 e. The van der Waals surface area contributed by atoms with Crippen LogP contribution in [-0.4, -0.2) is 47.0 Å². The van der Waals surface area contributed by atoms with E-state index in [4.69, 9.17) is 5.11 Å². The smallest absolute Gasteiger partial charge is 0.303 e. The first-order valence-corrected chi connectivity index (χ1v) is 7.16. The van der Waals surface area contributed by atoms with Crippen LogP contribution in [0.2, 0.25) is 0 Å². The van der Waals surface area contributed by atoms with Crippen LogP contribution in [-0.2, 0) is 9.59 Å². The van der Waals surface area contributed by atoms with Gasteiger partial charge in [-0.1, -0.05) is 6.07 Å². The molecule has 1 amide bonds. The Morgan fingerprint density at radius 3 is 2.95 bits per heavy atom. The number of hydrogen-bond donors (Lipinski definition) is 2. The van der Waals surface area contributed by atoms with Gasteiger partial charge in [-0.15, -0.1) is 0 Å². The highest BCUT2D eigenvalue weighted by Gasteiger charge is 2.33. The number of aromatic nitrogens is 1. The van der Waals surface area contributed by atoms with Gasteiger partial charge < -0.3 is 10.4 Å². The summed E-state index contributed by atoms with van der Waals surface area (Å²) in [5, 5.41) is 11.4. The molecule has 1 aliphatic rings. The van der Waals surface area contributed by atoms with Crippen molar-refractivity contribution in [3.63, 3.8) is 0 Å². The Morgan fingerprint density at radius 2 is 2.29 bits per heavy atom. The molecule has 6 nitrogen and oxygen atoms in total. The molecule has 1 fully saturated rings. The zero-order valence-electron chi connectivity index (χ0n) is 12.2. The summed E-state index contributed by atoms with van der Waals surface area (Å²) in [6.07, 6.45) is 4.54. The number of carbonyl (C=O) groups is 2. The van der Waals surface area contributed by atoms with Crippen LogP contribution in [0.1, 0.15) is 30.9 Å². The van der Waals surface area contributed by atoms with Gasteiger partial charge in [-0.3, -0.25) is 19.5 Å². The van der Waals surface area contributed by atoms with E-state index in [9.17, 15) is 9.59 Å². The number of likely N-dealkylation sites (tertiary alicyclic amines) is 1. The fourth-order valence-corrected chi connectivity index (χ4v) is 2.87. The van der Waals surface area contributed by atoms with Gasteiger partial charge in [-0.25, -0.2) is 0 Å². The van der Waals surface area contributed by atoms with Gasteiger partial charge in [0.2, 0.25) is 5.91 Å². The normalized spacial score (nSPS) is 22.1. The Balaban J connectivity index is 1.90. The van der Waals surface area contributed by atoms with Crippen molar-refractivity contribution in [1.82, 2.24) is 15.2 Å². The lowest BCUT2D eigenvalue weighted by Gasteiger charge is -2.25. The first kappa shape index (κ1) is 15.4. The van der Waals surface area contributed by atoms with Gasteiger partial charge in [-0.2, -0.15) is 0 Å². The number of carboxylic acids is 1.